The Labute approximate surface area is 88.8 Å². The minimum Gasteiger partial charge on any atom is -0.326 e. The van der Waals surface area contributed by atoms with Gasteiger partial charge in [0.1, 0.15) is 0 Å². The predicted molar refractivity (Wildman–Crippen MR) is 62.3 cm³/mol. The van der Waals surface area contributed by atoms with Crippen molar-refractivity contribution in [1.82, 2.24) is 4.90 Å². The summed E-state index contributed by atoms with van der Waals surface area (Å²) in [6.45, 7) is 10.4. The van der Waals surface area contributed by atoms with Crippen LogP contribution in [0.15, 0.2) is 0 Å². The van der Waals surface area contributed by atoms with Gasteiger partial charge < -0.3 is 10.6 Å². The first-order valence-electron chi connectivity index (χ1n) is 6.15. The van der Waals surface area contributed by atoms with Crippen LogP contribution >= 0.6 is 0 Å². The molecule has 84 valence electrons. The standard InChI is InChI=1S/C12H26N2/c1-4-10(3)12(13)9-14-7-6-11(5-2)8-14/h10-12H,4-9,13H2,1-3H3. The first-order valence-corrected chi connectivity index (χ1v) is 6.15. The Bertz CT molecular complexity index is 158. The van der Waals surface area contributed by atoms with Gasteiger partial charge in [0.2, 0.25) is 0 Å². The second kappa shape index (κ2) is 5.72. The van der Waals surface area contributed by atoms with Crippen LogP contribution < -0.4 is 5.73 Å². The summed E-state index contributed by atoms with van der Waals surface area (Å²) in [6, 6.07) is 0.371. The number of likely N-dealkylation sites (tertiary alicyclic amines) is 1. The van der Waals surface area contributed by atoms with Crippen molar-refractivity contribution in [3.63, 3.8) is 0 Å². The highest BCUT2D eigenvalue weighted by Crippen LogP contribution is 2.19. The SMILES string of the molecule is CCC1CCN(CC(N)C(C)CC)C1. The number of rotatable bonds is 5. The minimum absolute atomic E-state index is 0.371. The highest BCUT2D eigenvalue weighted by molar-refractivity contribution is 4.79. The molecule has 2 heteroatoms. The molecule has 2 nitrogen and oxygen atoms in total. The van der Waals surface area contributed by atoms with Gasteiger partial charge in [-0.05, 0) is 24.8 Å². The van der Waals surface area contributed by atoms with Crippen LogP contribution in [0, 0.1) is 11.8 Å². The molecule has 0 aromatic carbocycles. The van der Waals surface area contributed by atoms with Crippen molar-refractivity contribution in [1.29, 1.82) is 0 Å². The second-order valence-electron chi connectivity index (χ2n) is 4.87. The quantitative estimate of drug-likeness (QED) is 0.733. The molecule has 0 aliphatic carbocycles. The summed E-state index contributed by atoms with van der Waals surface area (Å²) in [5, 5.41) is 0. The Morgan fingerprint density at radius 2 is 2.14 bits per heavy atom. The average Bonchev–Trinajstić information content (AvgIpc) is 2.64. The van der Waals surface area contributed by atoms with E-state index in [1.54, 1.807) is 0 Å². The first-order chi connectivity index (χ1) is 6.67. The predicted octanol–water partition coefficient (Wildman–Crippen LogP) is 2.09. The zero-order valence-electron chi connectivity index (χ0n) is 10.00. The molecule has 1 rings (SSSR count). The van der Waals surface area contributed by atoms with Gasteiger partial charge in [0.25, 0.3) is 0 Å². The molecular formula is C12H26N2. The molecule has 1 aliphatic heterocycles. The molecular weight excluding hydrogens is 172 g/mol. The van der Waals surface area contributed by atoms with Crippen molar-refractivity contribution in [3.8, 4) is 0 Å². The van der Waals surface area contributed by atoms with Gasteiger partial charge in [-0.1, -0.05) is 33.6 Å². The topological polar surface area (TPSA) is 29.3 Å². The van der Waals surface area contributed by atoms with E-state index in [4.69, 9.17) is 5.73 Å². The van der Waals surface area contributed by atoms with Crippen LogP contribution in [-0.4, -0.2) is 30.6 Å². The molecule has 0 bridgehead atoms. The zero-order chi connectivity index (χ0) is 10.6. The van der Waals surface area contributed by atoms with E-state index < -0.39 is 0 Å². The Hall–Kier alpha value is -0.0800. The van der Waals surface area contributed by atoms with E-state index in [0.717, 1.165) is 12.5 Å². The smallest absolute Gasteiger partial charge is 0.0193 e. The lowest BCUT2D eigenvalue weighted by Crippen LogP contribution is -2.40. The van der Waals surface area contributed by atoms with Crippen molar-refractivity contribution in [2.45, 2.75) is 46.1 Å². The van der Waals surface area contributed by atoms with E-state index in [1.807, 2.05) is 0 Å². The van der Waals surface area contributed by atoms with Crippen molar-refractivity contribution >= 4 is 0 Å². The van der Waals surface area contributed by atoms with Gasteiger partial charge in [0.15, 0.2) is 0 Å². The highest BCUT2D eigenvalue weighted by Gasteiger charge is 2.23. The summed E-state index contributed by atoms with van der Waals surface area (Å²) in [4.78, 5) is 2.55. The van der Waals surface area contributed by atoms with E-state index in [2.05, 4.69) is 25.7 Å². The largest absolute Gasteiger partial charge is 0.326 e. The van der Waals surface area contributed by atoms with Gasteiger partial charge in [-0.3, -0.25) is 0 Å². The fraction of sp³-hybridized carbons (Fsp3) is 1.00. The van der Waals surface area contributed by atoms with E-state index in [1.165, 1.54) is 32.4 Å². The number of nitrogens with two attached hydrogens (primary N) is 1. The van der Waals surface area contributed by atoms with Crippen molar-refractivity contribution in [2.75, 3.05) is 19.6 Å². The number of hydrogen-bond donors (Lipinski definition) is 1. The van der Waals surface area contributed by atoms with Gasteiger partial charge in [0, 0.05) is 19.1 Å². The summed E-state index contributed by atoms with van der Waals surface area (Å²) in [7, 11) is 0. The average molecular weight is 198 g/mol. The van der Waals surface area contributed by atoms with Crippen LogP contribution in [0.1, 0.15) is 40.0 Å². The third-order valence-corrected chi connectivity index (χ3v) is 3.79. The maximum absolute atomic E-state index is 6.15. The maximum atomic E-state index is 6.15. The highest BCUT2D eigenvalue weighted by atomic mass is 15.2. The monoisotopic (exact) mass is 198 g/mol. The van der Waals surface area contributed by atoms with Gasteiger partial charge >= 0.3 is 0 Å². The van der Waals surface area contributed by atoms with E-state index in [-0.39, 0.29) is 0 Å². The van der Waals surface area contributed by atoms with Crippen molar-refractivity contribution in [3.05, 3.63) is 0 Å². The van der Waals surface area contributed by atoms with Crippen molar-refractivity contribution in [2.24, 2.45) is 17.6 Å². The summed E-state index contributed by atoms with van der Waals surface area (Å²) in [5.41, 5.74) is 6.15. The molecule has 0 aromatic heterocycles. The number of hydrogen-bond acceptors (Lipinski definition) is 2. The van der Waals surface area contributed by atoms with Gasteiger partial charge in [0.05, 0.1) is 0 Å². The number of nitrogens with zero attached hydrogens (tertiary/aromatic N) is 1. The third kappa shape index (κ3) is 3.25. The molecule has 14 heavy (non-hydrogen) atoms. The van der Waals surface area contributed by atoms with Crippen molar-refractivity contribution < 1.29 is 0 Å². The van der Waals surface area contributed by atoms with E-state index >= 15 is 0 Å². The molecule has 1 heterocycles. The molecule has 0 saturated carbocycles. The van der Waals surface area contributed by atoms with Crippen LogP contribution in [0.4, 0.5) is 0 Å². The fourth-order valence-electron chi connectivity index (χ4n) is 2.19. The Balaban J connectivity index is 2.24. The van der Waals surface area contributed by atoms with Gasteiger partial charge in [-0.2, -0.15) is 0 Å². The minimum atomic E-state index is 0.371. The zero-order valence-corrected chi connectivity index (χ0v) is 10.00. The molecule has 2 N–H and O–H groups in total. The van der Waals surface area contributed by atoms with Crippen LogP contribution in [0.5, 0.6) is 0 Å². The van der Waals surface area contributed by atoms with Crippen LogP contribution in [0.3, 0.4) is 0 Å². The van der Waals surface area contributed by atoms with E-state index in [9.17, 15) is 0 Å². The maximum Gasteiger partial charge on any atom is 0.0193 e. The molecule has 0 radical (unpaired) electrons. The Kier molecular flexibility index (Phi) is 4.90. The lowest BCUT2D eigenvalue weighted by Gasteiger charge is -2.24. The fourth-order valence-corrected chi connectivity index (χ4v) is 2.19. The first kappa shape index (κ1) is 12.0. The lowest BCUT2D eigenvalue weighted by molar-refractivity contribution is 0.266. The van der Waals surface area contributed by atoms with Crippen LogP contribution in [0.25, 0.3) is 0 Å². The summed E-state index contributed by atoms with van der Waals surface area (Å²) in [5.74, 6) is 1.59. The third-order valence-electron chi connectivity index (χ3n) is 3.79. The molecule has 0 spiro atoms. The summed E-state index contributed by atoms with van der Waals surface area (Å²) >= 11 is 0. The molecule has 3 atom stereocenters. The summed E-state index contributed by atoms with van der Waals surface area (Å²) < 4.78 is 0. The van der Waals surface area contributed by atoms with Crippen LogP contribution in [0.2, 0.25) is 0 Å². The normalized spacial score (nSPS) is 27.9. The van der Waals surface area contributed by atoms with Gasteiger partial charge in [-0.15, -0.1) is 0 Å². The van der Waals surface area contributed by atoms with Gasteiger partial charge in [-0.25, -0.2) is 0 Å². The van der Waals surface area contributed by atoms with E-state index in [0.29, 0.717) is 12.0 Å². The Morgan fingerprint density at radius 1 is 1.43 bits per heavy atom. The van der Waals surface area contributed by atoms with Crippen LogP contribution in [-0.2, 0) is 0 Å². The molecule has 1 saturated heterocycles. The molecule has 0 aromatic rings. The molecule has 0 amide bonds. The lowest BCUT2D eigenvalue weighted by atomic mass is 10.00. The molecule has 3 unspecified atom stereocenters. The molecule has 1 fully saturated rings. The molecule has 1 aliphatic rings. The Morgan fingerprint density at radius 3 is 2.64 bits per heavy atom. The summed E-state index contributed by atoms with van der Waals surface area (Å²) in [6.07, 6.45) is 3.91. The second-order valence-corrected chi connectivity index (χ2v) is 4.87.